The molecular formula is C10H15Cl2N3O. The van der Waals surface area contributed by atoms with Gasteiger partial charge in [0.1, 0.15) is 5.82 Å². The van der Waals surface area contributed by atoms with Gasteiger partial charge in [0, 0.05) is 12.6 Å². The SMILES string of the molecule is CCCCCn1nccc1NC(=O)C(Cl)Cl. The van der Waals surface area contributed by atoms with E-state index in [0.717, 1.165) is 25.8 Å². The van der Waals surface area contributed by atoms with Gasteiger partial charge in [0.15, 0.2) is 4.84 Å². The number of halogens is 2. The Bertz CT molecular complexity index is 339. The standard InChI is InChI=1S/C10H15Cl2N3O/c1-2-3-4-7-15-8(5-6-13-15)14-10(16)9(11)12/h5-6,9H,2-4,7H2,1H3,(H,14,16). The van der Waals surface area contributed by atoms with Gasteiger partial charge in [0.05, 0.1) is 6.20 Å². The second-order valence-electron chi connectivity index (χ2n) is 3.44. The summed E-state index contributed by atoms with van der Waals surface area (Å²) in [7, 11) is 0. The molecule has 4 nitrogen and oxygen atoms in total. The summed E-state index contributed by atoms with van der Waals surface area (Å²) in [4.78, 5) is 10.2. The number of aryl methyl sites for hydroxylation is 1. The van der Waals surface area contributed by atoms with E-state index in [1.54, 1.807) is 16.9 Å². The van der Waals surface area contributed by atoms with Crippen LogP contribution in [-0.4, -0.2) is 20.5 Å². The van der Waals surface area contributed by atoms with Gasteiger partial charge in [-0.3, -0.25) is 4.79 Å². The van der Waals surface area contributed by atoms with Crippen LogP contribution in [0.15, 0.2) is 12.3 Å². The number of anilines is 1. The van der Waals surface area contributed by atoms with Crippen LogP contribution < -0.4 is 5.32 Å². The number of nitrogens with one attached hydrogen (secondary N) is 1. The van der Waals surface area contributed by atoms with Crippen molar-refractivity contribution < 1.29 is 4.79 Å². The van der Waals surface area contributed by atoms with Crippen molar-refractivity contribution in [1.29, 1.82) is 0 Å². The number of hydrogen-bond acceptors (Lipinski definition) is 2. The van der Waals surface area contributed by atoms with Crippen LogP contribution in [0.4, 0.5) is 5.82 Å². The zero-order valence-electron chi connectivity index (χ0n) is 9.12. The highest BCUT2D eigenvalue weighted by Gasteiger charge is 2.13. The van der Waals surface area contributed by atoms with Crippen molar-refractivity contribution in [3.8, 4) is 0 Å². The molecule has 1 aromatic rings. The summed E-state index contributed by atoms with van der Waals surface area (Å²) in [6.45, 7) is 2.92. The van der Waals surface area contributed by atoms with Crippen molar-refractivity contribution in [2.45, 2.75) is 37.6 Å². The normalized spacial score (nSPS) is 10.8. The molecule has 0 unspecified atom stereocenters. The van der Waals surface area contributed by atoms with Crippen LogP contribution in [0, 0.1) is 0 Å². The van der Waals surface area contributed by atoms with Gasteiger partial charge in [0.2, 0.25) is 0 Å². The van der Waals surface area contributed by atoms with Crippen LogP contribution in [0.3, 0.4) is 0 Å². The van der Waals surface area contributed by atoms with Crippen molar-refractivity contribution >= 4 is 34.9 Å². The molecule has 1 aromatic heterocycles. The van der Waals surface area contributed by atoms with Gasteiger partial charge in [-0.1, -0.05) is 43.0 Å². The average molecular weight is 264 g/mol. The second-order valence-corrected chi connectivity index (χ2v) is 4.53. The van der Waals surface area contributed by atoms with Crippen molar-refractivity contribution in [1.82, 2.24) is 9.78 Å². The summed E-state index contributed by atoms with van der Waals surface area (Å²) >= 11 is 10.9. The number of amides is 1. The molecule has 0 aliphatic heterocycles. The van der Waals surface area contributed by atoms with Gasteiger partial charge >= 0.3 is 0 Å². The van der Waals surface area contributed by atoms with Gasteiger partial charge in [-0.05, 0) is 6.42 Å². The highest BCUT2D eigenvalue weighted by atomic mass is 35.5. The quantitative estimate of drug-likeness (QED) is 0.634. The molecule has 0 saturated heterocycles. The van der Waals surface area contributed by atoms with Crippen LogP contribution in [0.25, 0.3) is 0 Å². The molecule has 1 amide bonds. The number of carbonyl (C=O) groups excluding carboxylic acids is 1. The summed E-state index contributed by atoms with van der Waals surface area (Å²) in [6, 6.07) is 1.72. The third-order valence-corrected chi connectivity index (χ3v) is 2.54. The molecule has 90 valence electrons. The Balaban J connectivity index is 2.53. The molecule has 1 rings (SSSR count). The molecule has 1 N–H and O–H groups in total. The van der Waals surface area contributed by atoms with Gasteiger partial charge in [0.25, 0.3) is 5.91 Å². The van der Waals surface area contributed by atoms with Crippen LogP contribution in [0.5, 0.6) is 0 Å². The maximum atomic E-state index is 11.3. The fraction of sp³-hybridized carbons (Fsp3) is 0.600. The summed E-state index contributed by atoms with van der Waals surface area (Å²) < 4.78 is 1.74. The van der Waals surface area contributed by atoms with E-state index in [1.807, 2.05) is 0 Å². The predicted octanol–water partition coefficient (Wildman–Crippen LogP) is 2.82. The first-order valence-corrected chi connectivity index (χ1v) is 6.13. The number of unbranched alkanes of at least 4 members (excludes halogenated alkanes) is 2. The number of alkyl halides is 2. The molecule has 0 aliphatic rings. The number of hydrogen-bond donors (Lipinski definition) is 1. The lowest BCUT2D eigenvalue weighted by Crippen LogP contribution is -2.21. The van der Waals surface area contributed by atoms with Crippen molar-refractivity contribution in [2.75, 3.05) is 5.32 Å². The van der Waals surface area contributed by atoms with Crippen molar-refractivity contribution in [3.63, 3.8) is 0 Å². The zero-order chi connectivity index (χ0) is 12.0. The molecule has 0 radical (unpaired) electrons. The Hall–Kier alpha value is -0.740. The molecule has 16 heavy (non-hydrogen) atoms. The largest absolute Gasteiger partial charge is 0.309 e. The van der Waals surface area contributed by atoms with E-state index in [1.165, 1.54) is 0 Å². The van der Waals surface area contributed by atoms with E-state index in [0.29, 0.717) is 5.82 Å². The molecule has 1 heterocycles. The Morgan fingerprint density at radius 1 is 1.56 bits per heavy atom. The number of nitrogens with zero attached hydrogens (tertiary/aromatic N) is 2. The first-order valence-electron chi connectivity index (χ1n) is 5.26. The minimum Gasteiger partial charge on any atom is -0.309 e. The molecule has 0 aliphatic carbocycles. The van der Waals surface area contributed by atoms with Gasteiger partial charge in [-0.2, -0.15) is 5.10 Å². The molecular weight excluding hydrogens is 249 g/mol. The molecule has 0 saturated carbocycles. The van der Waals surface area contributed by atoms with Crippen molar-refractivity contribution in [3.05, 3.63) is 12.3 Å². The van der Waals surface area contributed by atoms with Crippen LogP contribution in [0.2, 0.25) is 0 Å². The minimum atomic E-state index is -1.06. The third-order valence-electron chi connectivity index (χ3n) is 2.14. The fourth-order valence-electron chi connectivity index (χ4n) is 1.31. The maximum Gasteiger partial charge on any atom is 0.258 e. The molecule has 0 fully saturated rings. The monoisotopic (exact) mass is 263 g/mol. The van der Waals surface area contributed by atoms with Crippen LogP contribution >= 0.6 is 23.2 Å². The summed E-state index contributed by atoms with van der Waals surface area (Å²) in [5.41, 5.74) is 0. The molecule has 0 bridgehead atoms. The van der Waals surface area contributed by atoms with E-state index in [4.69, 9.17) is 23.2 Å². The lowest BCUT2D eigenvalue weighted by molar-refractivity contribution is -0.114. The van der Waals surface area contributed by atoms with Gasteiger partial charge < -0.3 is 5.32 Å². The Morgan fingerprint density at radius 3 is 2.94 bits per heavy atom. The molecule has 0 atom stereocenters. The fourth-order valence-corrected chi connectivity index (χ4v) is 1.42. The molecule has 0 spiro atoms. The molecule has 6 heteroatoms. The summed E-state index contributed by atoms with van der Waals surface area (Å²) in [5.74, 6) is 0.202. The highest BCUT2D eigenvalue weighted by molar-refractivity contribution is 6.54. The van der Waals surface area contributed by atoms with E-state index in [9.17, 15) is 4.79 Å². The first kappa shape index (κ1) is 13.3. The van der Waals surface area contributed by atoms with E-state index < -0.39 is 10.7 Å². The van der Waals surface area contributed by atoms with Crippen LogP contribution in [0.1, 0.15) is 26.2 Å². The number of rotatable bonds is 6. The Morgan fingerprint density at radius 2 is 2.31 bits per heavy atom. The second kappa shape index (κ2) is 6.76. The lowest BCUT2D eigenvalue weighted by Gasteiger charge is -2.08. The predicted molar refractivity (Wildman–Crippen MR) is 65.9 cm³/mol. The van der Waals surface area contributed by atoms with Gasteiger partial charge in [-0.25, -0.2) is 4.68 Å². The Labute approximate surface area is 105 Å². The van der Waals surface area contributed by atoms with Gasteiger partial charge in [-0.15, -0.1) is 0 Å². The van der Waals surface area contributed by atoms with Crippen molar-refractivity contribution in [2.24, 2.45) is 0 Å². The molecule has 0 aromatic carbocycles. The van der Waals surface area contributed by atoms with E-state index in [2.05, 4.69) is 17.3 Å². The van der Waals surface area contributed by atoms with Crippen LogP contribution in [-0.2, 0) is 11.3 Å². The summed E-state index contributed by atoms with van der Waals surface area (Å²) in [5, 5.41) is 6.73. The third kappa shape index (κ3) is 4.02. The average Bonchev–Trinajstić information content (AvgIpc) is 2.66. The summed E-state index contributed by atoms with van der Waals surface area (Å²) in [6.07, 6.45) is 4.96. The minimum absolute atomic E-state index is 0.430. The Kier molecular flexibility index (Phi) is 5.63. The zero-order valence-corrected chi connectivity index (χ0v) is 10.6. The maximum absolute atomic E-state index is 11.3. The highest BCUT2D eigenvalue weighted by Crippen LogP contribution is 2.11. The topological polar surface area (TPSA) is 46.9 Å². The van der Waals surface area contributed by atoms with E-state index in [-0.39, 0.29) is 0 Å². The lowest BCUT2D eigenvalue weighted by atomic mass is 10.2. The van der Waals surface area contributed by atoms with E-state index >= 15 is 0 Å². The smallest absolute Gasteiger partial charge is 0.258 e. The number of aromatic nitrogens is 2. The first-order chi connectivity index (χ1) is 7.65. The number of carbonyl (C=O) groups is 1.